The lowest BCUT2D eigenvalue weighted by molar-refractivity contribution is -0.136. The summed E-state index contributed by atoms with van der Waals surface area (Å²) in [5.74, 6) is -0.871. The first-order valence-corrected chi connectivity index (χ1v) is 14.8. The molecule has 1 atom stereocenters. The van der Waals surface area contributed by atoms with E-state index in [1.165, 1.54) is 17.7 Å². The minimum absolute atomic E-state index is 0.00609. The summed E-state index contributed by atoms with van der Waals surface area (Å²) in [6, 6.07) is 12.6. The fourth-order valence-electron chi connectivity index (χ4n) is 6.83. The topological polar surface area (TPSA) is 74.3 Å². The molecule has 2 aliphatic carbocycles. The molecule has 2 heterocycles. The number of amides is 2. The molecule has 6 rings (SSSR count). The van der Waals surface area contributed by atoms with Crippen LogP contribution in [0.1, 0.15) is 53.5 Å². The van der Waals surface area contributed by atoms with Gasteiger partial charge in [-0.1, -0.05) is 60.9 Å². The van der Waals surface area contributed by atoms with Gasteiger partial charge >= 0.3 is 0 Å². The number of nitrogens with one attached hydrogen (secondary N) is 2. The first-order valence-electron chi connectivity index (χ1n) is 14.4. The molecule has 2 N–H and O–H groups in total. The molecule has 1 spiro atoms. The molecule has 1 aliphatic heterocycles. The third kappa shape index (κ3) is 5.11. The van der Waals surface area contributed by atoms with Crippen LogP contribution in [0.3, 0.4) is 0 Å². The smallest absolute Gasteiger partial charge is 0.242 e. The van der Waals surface area contributed by atoms with E-state index in [1.54, 1.807) is 18.1 Å². The first kappa shape index (κ1) is 28.5. The summed E-state index contributed by atoms with van der Waals surface area (Å²) in [5, 5.41) is 5.86. The van der Waals surface area contributed by atoms with Gasteiger partial charge in [-0.3, -0.25) is 9.59 Å². The summed E-state index contributed by atoms with van der Waals surface area (Å²) < 4.78 is 27.7. The van der Waals surface area contributed by atoms with E-state index in [9.17, 15) is 18.4 Å². The van der Waals surface area contributed by atoms with Gasteiger partial charge in [0.25, 0.3) is 0 Å². The van der Waals surface area contributed by atoms with Gasteiger partial charge in [-0.15, -0.1) is 0 Å². The maximum atomic E-state index is 13.8. The van der Waals surface area contributed by atoms with Gasteiger partial charge < -0.3 is 15.5 Å². The average Bonchev–Trinajstić information content (AvgIpc) is 3.68. The third-order valence-electron chi connectivity index (χ3n) is 9.03. The van der Waals surface area contributed by atoms with E-state index in [0.717, 1.165) is 42.4 Å². The largest absolute Gasteiger partial charge is 0.340 e. The number of hydrogen-bond acceptors (Lipinski definition) is 4. The van der Waals surface area contributed by atoms with Crippen LogP contribution in [0.25, 0.3) is 6.08 Å². The van der Waals surface area contributed by atoms with E-state index in [1.807, 2.05) is 24.3 Å². The zero-order chi connectivity index (χ0) is 29.5. The SMILES string of the molecule is CN(C/C=C/c1ccc2c(c1)C[C@@]1(C2)C(=O)Nc2ncccc21)C(=O)C1(NCCc2cc(F)c(Cl)c(F)c2)CCCC1. The lowest BCUT2D eigenvalue weighted by Gasteiger charge is -2.33. The maximum Gasteiger partial charge on any atom is 0.242 e. The van der Waals surface area contributed by atoms with Gasteiger partial charge in [-0.25, -0.2) is 13.8 Å². The summed E-state index contributed by atoms with van der Waals surface area (Å²) in [5.41, 5.74) is 3.53. The molecule has 6 nitrogen and oxygen atoms in total. The Hall–Kier alpha value is -3.62. The highest BCUT2D eigenvalue weighted by atomic mass is 35.5. The molecule has 2 amide bonds. The van der Waals surface area contributed by atoms with Crippen molar-refractivity contribution in [2.75, 3.05) is 25.5 Å². The number of hydrogen-bond donors (Lipinski definition) is 2. The van der Waals surface area contributed by atoms with Crippen LogP contribution in [0.4, 0.5) is 14.6 Å². The Kier molecular flexibility index (Phi) is 7.62. The van der Waals surface area contributed by atoms with Gasteiger partial charge in [-0.2, -0.15) is 0 Å². The molecule has 218 valence electrons. The Labute approximate surface area is 249 Å². The monoisotopic (exact) mass is 590 g/mol. The Bertz CT molecular complexity index is 1560. The highest BCUT2D eigenvalue weighted by Crippen LogP contribution is 2.46. The van der Waals surface area contributed by atoms with Crippen molar-refractivity contribution in [3.63, 3.8) is 0 Å². The number of halogens is 3. The first-order chi connectivity index (χ1) is 20.2. The zero-order valence-electron chi connectivity index (χ0n) is 23.5. The normalized spacial score (nSPS) is 20.2. The summed E-state index contributed by atoms with van der Waals surface area (Å²) >= 11 is 5.60. The van der Waals surface area contributed by atoms with E-state index in [4.69, 9.17) is 11.6 Å². The van der Waals surface area contributed by atoms with Crippen molar-refractivity contribution < 1.29 is 18.4 Å². The van der Waals surface area contributed by atoms with Gasteiger partial charge in [0, 0.05) is 31.9 Å². The fourth-order valence-corrected chi connectivity index (χ4v) is 6.94. The number of rotatable bonds is 8. The van der Waals surface area contributed by atoms with Crippen LogP contribution in [0.2, 0.25) is 5.02 Å². The molecule has 9 heteroatoms. The average molecular weight is 591 g/mol. The van der Waals surface area contributed by atoms with Crippen LogP contribution in [-0.2, 0) is 34.3 Å². The van der Waals surface area contributed by atoms with Gasteiger partial charge in [0.15, 0.2) is 0 Å². The van der Waals surface area contributed by atoms with Crippen LogP contribution in [0, 0.1) is 11.6 Å². The van der Waals surface area contributed by atoms with Crippen LogP contribution >= 0.6 is 11.6 Å². The molecule has 2 aromatic carbocycles. The van der Waals surface area contributed by atoms with E-state index in [0.29, 0.717) is 43.7 Å². The van der Waals surface area contributed by atoms with E-state index in [-0.39, 0.29) is 11.8 Å². The van der Waals surface area contributed by atoms with Crippen molar-refractivity contribution in [3.8, 4) is 0 Å². The standard InChI is InChI=1S/C33H33ClF2N4O2/c1-40(31(42)33(11-2-3-12-33)38-14-10-22-17-26(35)28(34)27(36)18-22)15-5-6-21-8-9-23-19-32(20-24(23)16-21)25-7-4-13-37-29(25)39-30(32)41/h4-9,13,16-18,38H,2-3,10-12,14-15,19-20H2,1H3,(H,37,39,41)/b6-5+/t32-/m1/s1. The van der Waals surface area contributed by atoms with Crippen molar-refractivity contribution in [2.24, 2.45) is 0 Å². The van der Waals surface area contributed by atoms with Gasteiger partial charge in [0.05, 0.1) is 11.0 Å². The minimum atomic E-state index is -0.778. The number of carbonyl (C=O) groups excluding carboxylic acids is 2. The van der Waals surface area contributed by atoms with Crippen molar-refractivity contribution in [1.29, 1.82) is 0 Å². The second kappa shape index (κ2) is 11.2. The summed E-state index contributed by atoms with van der Waals surface area (Å²) in [7, 11) is 1.80. The zero-order valence-corrected chi connectivity index (χ0v) is 24.2. The van der Waals surface area contributed by atoms with Gasteiger partial charge in [0.2, 0.25) is 11.8 Å². The summed E-state index contributed by atoms with van der Waals surface area (Å²) in [6.07, 6.45) is 10.7. The van der Waals surface area contributed by atoms with Crippen molar-refractivity contribution in [2.45, 2.75) is 55.9 Å². The number of nitrogens with zero attached hydrogens (tertiary/aromatic N) is 2. The summed E-state index contributed by atoms with van der Waals surface area (Å²) in [4.78, 5) is 32.6. The van der Waals surface area contributed by atoms with Crippen molar-refractivity contribution >= 4 is 35.3 Å². The van der Waals surface area contributed by atoms with Crippen molar-refractivity contribution in [3.05, 3.63) is 99.2 Å². The third-order valence-corrected chi connectivity index (χ3v) is 9.39. The molecule has 42 heavy (non-hydrogen) atoms. The van der Waals surface area contributed by atoms with Crippen LogP contribution in [0.15, 0.2) is 54.7 Å². The molecular formula is C33H33ClF2N4O2. The van der Waals surface area contributed by atoms with Gasteiger partial charge in [0.1, 0.15) is 22.5 Å². The Morgan fingerprint density at radius 1 is 1.12 bits per heavy atom. The second-order valence-electron chi connectivity index (χ2n) is 11.7. The Balaban J connectivity index is 1.08. The number of likely N-dealkylation sites (N-methyl/N-ethyl adjacent to an activating group) is 1. The van der Waals surface area contributed by atoms with Crippen LogP contribution in [-0.4, -0.2) is 47.4 Å². The van der Waals surface area contributed by atoms with E-state index >= 15 is 0 Å². The van der Waals surface area contributed by atoms with E-state index < -0.39 is 27.6 Å². The lowest BCUT2D eigenvalue weighted by Crippen LogP contribution is -2.56. The predicted molar refractivity (Wildman–Crippen MR) is 159 cm³/mol. The second-order valence-corrected chi connectivity index (χ2v) is 12.1. The number of fused-ring (bicyclic) bond motifs is 3. The maximum absolute atomic E-state index is 13.8. The molecule has 0 saturated heterocycles. The number of pyridine rings is 1. The fraction of sp³-hybridized carbons (Fsp3) is 0.364. The minimum Gasteiger partial charge on any atom is -0.340 e. The van der Waals surface area contributed by atoms with Crippen LogP contribution < -0.4 is 10.6 Å². The molecule has 0 unspecified atom stereocenters. The number of carbonyl (C=O) groups is 2. The van der Waals surface area contributed by atoms with Crippen molar-refractivity contribution in [1.82, 2.24) is 15.2 Å². The molecular weight excluding hydrogens is 558 g/mol. The Morgan fingerprint density at radius 2 is 1.86 bits per heavy atom. The molecule has 0 radical (unpaired) electrons. The predicted octanol–water partition coefficient (Wildman–Crippen LogP) is 5.62. The molecule has 3 aromatic rings. The summed E-state index contributed by atoms with van der Waals surface area (Å²) in [6.45, 7) is 0.865. The highest BCUT2D eigenvalue weighted by molar-refractivity contribution is 6.30. The molecule has 1 saturated carbocycles. The number of aromatic nitrogens is 1. The Morgan fingerprint density at radius 3 is 2.62 bits per heavy atom. The lowest BCUT2D eigenvalue weighted by atomic mass is 9.79. The van der Waals surface area contributed by atoms with Crippen LogP contribution in [0.5, 0.6) is 0 Å². The molecule has 1 aromatic heterocycles. The van der Waals surface area contributed by atoms with Gasteiger partial charge in [-0.05, 0) is 72.6 Å². The molecule has 0 bridgehead atoms. The quantitative estimate of drug-likeness (QED) is 0.334. The highest BCUT2D eigenvalue weighted by Gasteiger charge is 2.51. The number of anilines is 1. The van der Waals surface area contributed by atoms with E-state index in [2.05, 4.69) is 33.8 Å². The molecule has 1 fully saturated rings. The molecule has 3 aliphatic rings. The number of benzene rings is 2.